The molecule has 0 unspecified atom stereocenters. The minimum absolute atomic E-state index is 0.116. The second kappa shape index (κ2) is 9.73. The van der Waals surface area contributed by atoms with Gasteiger partial charge in [-0.2, -0.15) is 0 Å². The number of fused-ring (bicyclic) bond motifs is 3. The molecular weight excluding hydrogens is 500 g/mol. The van der Waals surface area contributed by atoms with Crippen molar-refractivity contribution >= 4 is 33.0 Å². The van der Waals surface area contributed by atoms with E-state index in [1.165, 1.54) is 16.2 Å². The zero-order chi connectivity index (χ0) is 26.3. The van der Waals surface area contributed by atoms with Gasteiger partial charge in [0.05, 0.1) is 23.9 Å². The molecule has 38 heavy (non-hydrogen) atoms. The molecule has 4 heterocycles. The first-order valence-corrected chi connectivity index (χ1v) is 14.2. The van der Waals surface area contributed by atoms with Gasteiger partial charge in [-0.15, -0.1) is 0 Å². The first-order valence-electron chi connectivity index (χ1n) is 12.8. The highest BCUT2D eigenvalue weighted by atomic mass is 32.2. The van der Waals surface area contributed by atoms with Crippen LogP contribution in [0.2, 0.25) is 0 Å². The first kappa shape index (κ1) is 24.4. The van der Waals surface area contributed by atoms with Crippen molar-refractivity contribution in [2.24, 2.45) is 0 Å². The molecule has 2 aromatic carbocycles. The topological polar surface area (TPSA) is 99.5 Å². The number of anilines is 4. The van der Waals surface area contributed by atoms with Crippen molar-refractivity contribution in [3.63, 3.8) is 0 Å². The van der Waals surface area contributed by atoms with Crippen LogP contribution in [0.25, 0.3) is 16.9 Å². The number of sulfonamides is 1. The standard InChI is InChI=1S/C27H30N8O2S/c1-3-11-35-24-17-22(34-12-10-28-19-34)8-9-23(24)26-25(38(35,36)37)18-29-27(31-26)30-20-4-6-21(7-5-20)33-15-13-32(2)14-16-33/h4-10,12,17-19H,3,11,13-16H2,1-2H3,(H,29,30,31). The summed E-state index contributed by atoms with van der Waals surface area (Å²) in [5, 5.41) is 3.25. The Morgan fingerprint density at radius 1 is 1.00 bits per heavy atom. The predicted octanol–water partition coefficient (Wildman–Crippen LogP) is 3.74. The SMILES string of the molecule is CCCN1c2cc(-n3ccnc3)ccc2-c2nc(Nc3ccc(N4CCN(C)CC4)cc3)ncc2S1(=O)=O. The fourth-order valence-electron chi connectivity index (χ4n) is 4.95. The van der Waals surface area contributed by atoms with E-state index >= 15 is 0 Å². The van der Waals surface area contributed by atoms with E-state index < -0.39 is 10.0 Å². The number of rotatable bonds is 6. The quantitative estimate of drug-likeness (QED) is 0.403. The molecule has 2 aliphatic heterocycles. The van der Waals surface area contributed by atoms with Crippen LogP contribution in [0, 0.1) is 0 Å². The van der Waals surface area contributed by atoms with Crippen LogP contribution in [0.15, 0.2) is 72.3 Å². The van der Waals surface area contributed by atoms with Crippen LogP contribution in [0.4, 0.5) is 23.0 Å². The highest BCUT2D eigenvalue weighted by Crippen LogP contribution is 2.43. The summed E-state index contributed by atoms with van der Waals surface area (Å²) < 4.78 is 30.6. The molecule has 0 amide bonds. The van der Waals surface area contributed by atoms with Gasteiger partial charge >= 0.3 is 0 Å². The van der Waals surface area contributed by atoms with Crippen LogP contribution < -0.4 is 14.5 Å². The molecule has 1 saturated heterocycles. The summed E-state index contributed by atoms with van der Waals surface area (Å²) in [5.41, 5.74) is 4.60. The van der Waals surface area contributed by atoms with Gasteiger partial charge in [0.15, 0.2) is 0 Å². The molecule has 11 heteroatoms. The van der Waals surface area contributed by atoms with Crippen LogP contribution in [0.1, 0.15) is 13.3 Å². The Balaban J connectivity index is 1.33. The van der Waals surface area contributed by atoms with Crippen molar-refractivity contribution < 1.29 is 8.42 Å². The van der Waals surface area contributed by atoms with Crippen molar-refractivity contribution in [3.05, 3.63) is 67.4 Å². The van der Waals surface area contributed by atoms with E-state index in [0.717, 1.165) is 43.1 Å². The molecule has 0 atom stereocenters. The number of imidazole rings is 1. The Labute approximate surface area is 222 Å². The molecule has 2 aliphatic rings. The zero-order valence-corrected chi connectivity index (χ0v) is 22.3. The largest absolute Gasteiger partial charge is 0.369 e. The van der Waals surface area contributed by atoms with Crippen LogP contribution >= 0.6 is 0 Å². The minimum atomic E-state index is -3.81. The van der Waals surface area contributed by atoms with Gasteiger partial charge in [0.25, 0.3) is 10.0 Å². The van der Waals surface area contributed by atoms with E-state index in [4.69, 9.17) is 0 Å². The summed E-state index contributed by atoms with van der Waals surface area (Å²) in [5.74, 6) is 0.347. The third kappa shape index (κ3) is 4.37. The van der Waals surface area contributed by atoms with Gasteiger partial charge < -0.3 is 19.7 Å². The summed E-state index contributed by atoms with van der Waals surface area (Å²) in [6, 6.07) is 13.9. The number of nitrogens with one attached hydrogen (secondary N) is 1. The van der Waals surface area contributed by atoms with Gasteiger partial charge in [0.1, 0.15) is 4.90 Å². The summed E-state index contributed by atoms with van der Waals surface area (Å²) in [6.07, 6.45) is 7.30. The maximum Gasteiger partial charge on any atom is 0.268 e. The summed E-state index contributed by atoms with van der Waals surface area (Å²) >= 11 is 0. The molecule has 1 N–H and O–H groups in total. The van der Waals surface area contributed by atoms with Crippen LogP contribution in [0.3, 0.4) is 0 Å². The molecule has 0 radical (unpaired) electrons. The molecule has 2 aromatic heterocycles. The third-order valence-electron chi connectivity index (χ3n) is 7.05. The molecule has 0 bridgehead atoms. The number of benzene rings is 2. The third-order valence-corrected chi connectivity index (χ3v) is 8.86. The zero-order valence-electron chi connectivity index (χ0n) is 21.4. The van der Waals surface area contributed by atoms with Crippen molar-refractivity contribution in [1.29, 1.82) is 0 Å². The molecule has 0 saturated carbocycles. The monoisotopic (exact) mass is 530 g/mol. The average Bonchev–Trinajstić information content (AvgIpc) is 3.47. The Kier molecular flexibility index (Phi) is 6.24. The minimum Gasteiger partial charge on any atom is -0.369 e. The number of hydrogen-bond acceptors (Lipinski definition) is 8. The smallest absolute Gasteiger partial charge is 0.268 e. The van der Waals surface area contributed by atoms with Crippen molar-refractivity contribution in [1.82, 2.24) is 24.4 Å². The maximum absolute atomic E-state index is 13.6. The number of nitrogens with zero attached hydrogens (tertiary/aromatic N) is 7. The molecule has 4 aromatic rings. The van der Waals surface area contributed by atoms with E-state index in [1.54, 1.807) is 12.5 Å². The van der Waals surface area contributed by atoms with E-state index in [9.17, 15) is 8.42 Å². The van der Waals surface area contributed by atoms with Gasteiger partial charge in [0, 0.05) is 67.7 Å². The van der Waals surface area contributed by atoms with E-state index in [1.807, 2.05) is 48.0 Å². The Hall–Kier alpha value is -3.96. The van der Waals surface area contributed by atoms with Crippen LogP contribution in [-0.2, 0) is 10.0 Å². The second-order valence-electron chi connectivity index (χ2n) is 9.62. The maximum atomic E-state index is 13.6. The Bertz CT molecular complexity index is 1550. The van der Waals surface area contributed by atoms with Gasteiger partial charge in [-0.25, -0.2) is 23.4 Å². The molecule has 0 aliphatic carbocycles. The normalized spacial score (nSPS) is 16.7. The first-order chi connectivity index (χ1) is 18.4. The number of aromatic nitrogens is 4. The predicted molar refractivity (Wildman–Crippen MR) is 149 cm³/mol. The van der Waals surface area contributed by atoms with E-state index in [0.29, 0.717) is 30.3 Å². The fourth-order valence-corrected chi connectivity index (χ4v) is 6.61. The van der Waals surface area contributed by atoms with Gasteiger partial charge in [-0.3, -0.25) is 4.31 Å². The fraction of sp³-hybridized carbons (Fsp3) is 0.296. The van der Waals surface area contributed by atoms with Gasteiger partial charge in [-0.05, 0) is 55.9 Å². The van der Waals surface area contributed by atoms with Crippen molar-refractivity contribution in [3.8, 4) is 16.9 Å². The molecular formula is C27H30N8O2S. The molecule has 6 rings (SSSR count). The number of piperazine rings is 1. The highest BCUT2D eigenvalue weighted by Gasteiger charge is 2.36. The van der Waals surface area contributed by atoms with Gasteiger partial charge in [-0.1, -0.05) is 6.92 Å². The molecule has 196 valence electrons. The lowest BCUT2D eigenvalue weighted by Gasteiger charge is -2.34. The lowest BCUT2D eigenvalue weighted by atomic mass is 10.1. The lowest BCUT2D eigenvalue weighted by molar-refractivity contribution is 0.313. The van der Waals surface area contributed by atoms with Crippen LogP contribution in [0.5, 0.6) is 0 Å². The highest BCUT2D eigenvalue weighted by molar-refractivity contribution is 7.93. The summed E-state index contributed by atoms with van der Waals surface area (Å²) in [6.45, 7) is 6.43. The molecule has 0 spiro atoms. The second-order valence-corrected chi connectivity index (χ2v) is 11.4. The Morgan fingerprint density at radius 2 is 1.76 bits per heavy atom. The summed E-state index contributed by atoms with van der Waals surface area (Å²) in [7, 11) is -1.66. The number of likely N-dealkylation sites (N-methyl/N-ethyl adjacent to an activating group) is 1. The lowest BCUT2D eigenvalue weighted by Crippen LogP contribution is -2.44. The number of hydrogen-bond donors (Lipinski definition) is 1. The van der Waals surface area contributed by atoms with Gasteiger partial charge in [0.2, 0.25) is 5.95 Å². The van der Waals surface area contributed by atoms with E-state index in [2.05, 4.69) is 49.2 Å². The van der Waals surface area contributed by atoms with Crippen molar-refractivity contribution in [2.75, 3.05) is 54.3 Å². The molecule has 1 fully saturated rings. The van der Waals surface area contributed by atoms with Crippen molar-refractivity contribution in [2.45, 2.75) is 18.2 Å². The van der Waals surface area contributed by atoms with Crippen LogP contribution in [-0.4, -0.2) is 72.6 Å². The van der Waals surface area contributed by atoms with E-state index in [-0.39, 0.29) is 4.90 Å². The molecule has 10 nitrogen and oxygen atoms in total. The summed E-state index contributed by atoms with van der Waals surface area (Å²) in [4.78, 5) is 18.0. The average molecular weight is 531 g/mol. The Morgan fingerprint density at radius 3 is 2.47 bits per heavy atom.